The molecule has 4 heteroatoms. The normalized spacial score (nSPS) is 10.6. The minimum absolute atomic E-state index is 0.840. The van der Waals surface area contributed by atoms with Gasteiger partial charge in [0.05, 0.1) is 0 Å². The highest BCUT2D eigenvalue weighted by molar-refractivity contribution is 5.78. The molecular formula is C15H16N4. The minimum atomic E-state index is 0.840. The molecule has 4 nitrogen and oxygen atoms in total. The van der Waals surface area contributed by atoms with Crippen molar-refractivity contribution in [3.05, 3.63) is 48.7 Å². The summed E-state index contributed by atoms with van der Waals surface area (Å²) in [6.07, 6.45) is 1.90. The molecule has 0 fully saturated rings. The van der Waals surface area contributed by atoms with Gasteiger partial charge in [0.15, 0.2) is 0 Å². The van der Waals surface area contributed by atoms with Crippen molar-refractivity contribution in [3.8, 4) is 0 Å². The fourth-order valence-corrected chi connectivity index (χ4v) is 1.99. The molecule has 0 spiro atoms. The van der Waals surface area contributed by atoms with Crippen LogP contribution in [0.2, 0.25) is 0 Å². The summed E-state index contributed by atoms with van der Waals surface area (Å²) in [5.74, 6) is 0.840. The number of hydrogen-bond acceptors (Lipinski definition) is 3. The van der Waals surface area contributed by atoms with Crippen LogP contribution < -0.4 is 10.2 Å². The van der Waals surface area contributed by atoms with Crippen LogP contribution in [-0.4, -0.2) is 24.1 Å². The number of anilines is 3. The van der Waals surface area contributed by atoms with Crippen molar-refractivity contribution < 1.29 is 0 Å². The lowest BCUT2D eigenvalue weighted by molar-refractivity contribution is 1.13. The number of pyridine rings is 1. The van der Waals surface area contributed by atoms with Gasteiger partial charge in [-0.25, -0.2) is 4.98 Å². The Morgan fingerprint density at radius 3 is 2.53 bits per heavy atom. The average Bonchev–Trinajstić information content (AvgIpc) is 2.87. The summed E-state index contributed by atoms with van der Waals surface area (Å²) in [5, 5.41) is 4.42. The summed E-state index contributed by atoms with van der Waals surface area (Å²) in [6, 6.07) is 14.3. The quantitative estimate of drug-likeness (QED) is 0.751. The van der Waals surface area contributed by atoms with Crippen molar-refractivity contribution in [2.45, 2.75) is 0 Å². The van der Waals surface area contributed by atoms with Crippen LogP contribution in [0.3, 0.4) is 0 Å². The summed E-state index contributed by atoms with van der Waals surface area (Å²) in [7, 11) is 4.06. The molecule has 0 saturated heterocycles. The first kappa shape index (κ1) is 11.6. The number of hydrogen-bond donors (Lipinski definition) is 2. The molecule has 3 aromatic rings. The van der Waals surface area contributed by atoms with Gasteiger partial charge in [-0.05, 0) is 42.5 Å². The minimum Gasteiger partial charge on any atom is -0.378 e. The molecule has 2 N–H and O–H groups in total. The number of fused-ring (bicyclic) bond motifs is 1. The zero-order chi connectivity index (χ0) is 13.2. The van der Waals surface area contributed by atoms with Crippen molar-refractivity contribution in [1.82, 2.24) is 9.97 Å². The number of H-pyrrole nitrogens is 1. The first-order valence-electron chi connectivity index (χ1n) is 6.21. The largest absolute Gasteiger partial charge is 0.378 e. The lowest BCUT2D eigenvalue weighted by Gasteiger charge is -2.13. The molecule has 2 heterocycles. The number of benzene rings is 1. The first-order valence-corrected chi connectivity index (χ1v) is 6.21. The highest BCUT2D eigenvalue weighted by atomic mass is 15.1. The van der Waals surface area contributed by atoms with Crippen LogP contribution in [0, 0.1) is 0 Å². The molecule has 19 heavy (non-hydrogen) atoms. The Kier molecular flexibility index (Phi) is 2.83. The van der Waals surface area contributed by atoms with E-state index in [0.29, 0.717) is 0 Å². The fraction of sp³-hybridized carbons (Fsp3) is 0.133. The maximum absolute atomic E-state index is 4.51. The second-order valence-electron chi connectivity index (χ2n) is 4.68. The number of aromatic nitrogens is 2. The summed E-state index contributed by atoms with van der Waals surface area (Å²) in [6.45, 7) is 0. The van der Waals surface area contributed by atoms with Crippen LogP contribution in [0.1, 0.15) is 0 Å². The molecule has 0 unspecified atom stereocenters. The molecule has 0 aliphatic rings. The van der Waals surface area contributed by atoms with Crippen LogP contribution in [0.5, 0.6) is 0 Å². The van der Waals surface area contributed by atoms with Gasteiger partial charge in [-0.15, -0.1) is 0 Å². The van der Waals surface area contributed by atoms with E-state index in [9.17, 15) is 0 Å². The lowest BCUT2D eigenvalue weighted by Crippen LogP contribution is -2.08. The molecule has 0 amide bonds. The van der Waals surface area contributed by atoms with E-state index in [2.05, 4.69) is 50.5 Å². The number of nitrogens with one attached hydrogen (secondary N) is 2. The van der Waals surface area contributed by atoms with Gasteiger partial charge in [0.2, 0.25) is 0 Å². The number of nitrogens with zero attached hydrogens (tertiary/aromatic N) is 2. The Bertz CT molecular complexity index is 683. The average molecular weight is 252 g/mol. The number of aromatic amines is 1. The molecule has 0 bridgehead atoms. The van der Waals surface area contributed by atoms with Gasteiger partial charge in [-0.1, -0.05) is 0 Å². The zero-order valence-corrected chi connectivity index (χ0v) is 11.0. The van der Waals surface area contributed by atoms with Gasteiger partial charge in [0.1, 0.15) is 11.5 Å². The summed E-state index contributed by atoms with van der Waals surface area (Å²) in [4.78, 5) is 9.70. The Hall–Kier alpha value is -2.49. The molecule has 0 atom stereocenters. The lowest BCUT2D eigenvalue weighted by atomic mass is 10.2. The van der Waals surface area contributed by atoms with Crippen LogP contribution in [0.25, 0.3) is 11.0 Å². The Labute approximate surface area is 112 Å². The maximum Gasteiger partial charge on any atom is 0.139 e. The zero-order valence-electron chi connectivity index (χ0n) is 11.0. The third-order valence-electron chi connectivity index (χ3n) is 3.07. The Morgan fingerprint density at radius 2 is 1.79 bits per heavy atom. The van der Waals surface area contributed by atoms with Gasteiger partial charge < -0.3 is 15.2 Å². The van der Waals surface area contributed by atoms with Gasteiger partial charge in [-0.2, -0.15) is 0 Å². The molecule has 3 rings (SSSR count). The van der Waals surface area contributed by atoms with E-state index >= 15 is 0 Å². The van der Waals surface area contributed by atoms with Crippen LogP contribution in [-0.2, 0) is 0 Å². The van der Waals surface area contributed by atoms with Crippen molar-refractivity contribution in [3.63, 3.8) is 0 Å². The van der Waals surface area contributed by atoms with Crippen LogP contribution in [0.15, 0.2) is 48.7 Å². The maximum atomic E-state index is 4.51. The highest BCUT2D eigenvalue weighted by Gasteiger charge is 2.00. The second kappa shape index (κ2) is 4.65. The van der Waals surface area contributed by atoms with E-state index in [1.54, 1.807) is 0 Å². The Morgan fingerprint density at radius 1 is 1.00 bits per heavy atom. The van der Waals surface area contributed by atoms with E-state index in [1.807, 2.05) is 32.4 Å². The van der Waals surface area contributed by atoms with E-state index < -0.39 is 0 Å². The fourth-order valence-electron chi connectivity index (χ4n) is 1.99. The first-order chi connectivity index (χ1) is 9.22. The smallest absolute Gasteiger partial charge is 0.139 e. The van der Waals surface area contributed by atoms with Crippen molar-refractivity contribution in [1.29, 1.82) is 0 Å². The van der Waals surface area contributed by atoms with Crippen molar-refractivity contribution in [2.24, 2.45) is 0 Å². The monoisotopic (exact) mass is 252 g/mol. The van der Waals surface area contributed by atoms with Gasteiger partial charge in [0, 0.05) is 37.1 Å². The molecular weight excluding hydrogens is 236 g/mol. The summed E-state index contributed by atoms with van der Waals surface area (Å²) in [5.41, 5.74) is 3.11. The second-order valence-corrected chi connectivity index (χ2v) is 4.68. The molecule has 0 saturated carbocycles. The third-order valence-corrected chi connectivity index (χ3v) is 3.07. The number of rotatable bonds is 3. The van der Waals surface area contributed by atoms with Gasteiger partial charge >= 0.3 is 0 Å². The van der Waals surface area contributed by atoms with Gasteiger partial charge in [-0.3, -0.25) is 0 Å². The van der Waals surface area contributed by atoms with E-state index in [-0.39, 0.29) is 0 Å². The molecule has 2 aromatic heterocycles. The van der Waals surface area contributed by atoms with Crippen molar-refractivity contribution in [2.75, 3.05) is 24.3 Å². The van der Waals surface area contributed by atoms with Crippen LogP contribution >= 0.6 is 0 Å². The predicted molar refractivity (Wildman–Crippen MR) is 80.1 cm³/mol. The molecule has 96 valence electrons. The highest BCUT2D eigenvalue weighted by Crippen LogP contribution is 2.20. The van der Waals surface area contributed by atoms with Crippen molar-refractivity contribution >= 4 is 28.2 Å². The summed E-state index contributed by atoms with van der Waals surface area (Å²) >= 11 is 0. The van der Waals surface area contributed by atoms with E-state index in [0.717, 1.165) is 22.5 Å². The van der Waals surface area contributed by atoms with Gasteiger partial charge in [0.25, 0.3) is 0 Å². The molecule has 0 aliphatic heterocycles. The topological polar surface area (TPSA) is 44.0 Å². The molecule has 0 aliphatic carbocycles. The molecule has 1 aromatic carbocycles. The third kappa shape index (κ3) is 2.38. The van der Waals surface area contributed by atoms with E-state index in [4.69, 9.17) is 0 Å². The van der Waals surface area contributed by atoms with Crippen LogP contribution in [0.4, 0.5) is 17.2 Å². The predicted octanol–water partition coefficient (Wildman–Crippen LogP) is 3.37. The standard InChI is InChI=1S/C15H16N4/c1-19(2)13-6-4-12(5-7-13)17-14-8-3-11-9-10-16-15(11)18-14/h3-10H,1-2H3,(H2,16,17,18). The molecule has 0 radical (unpaired) electrons. The SMILES string of the molecule is CN(C)c1ccc(Nc2ccc3cc[nH]c3n2)cc1. The summed E-state index contributed by atoms with van der Waals surface area (Å²) < 4.78 is 0. The van der Waals surface area contributed by atoms with E-state index in [1.165, 1.54) is 5.69 Å². The Balaban J connectivity index is 1.83.